The Balaban J connectivity index is 1.74. The summed E-state index contributed by atoms with van der Waals surface area (Å²) in [5, 5.41) is 3.29. The molecule has 29 heavy (non-hydrogen) atoms. The van der Waals surface area contributed by atoms with E-state index >= 15 is 0 Å². The van der Waals surface area contributed by atoms with Crippen molar-refractivity contribution in [3.05, 3.63) is 59.9 Å². The van der Waals surface area contributed by atoms with E-state index in [0.717, 1.165) is 43.9 Å². The minimum absolute atomic E-state index is 0.0529. The second kappa shape index (κ2) is 10.4. The van der Waals surface area contributed by atoms with Gasteiger partial charge in [0.2, 0.25) is 5.91 Å². The number of benzene rings is 1. The van der Waals surface area contributed by atoms with Crippen LogP contribution in [0, 0.1) is 11.8 Å². The molecule has 0 spiro atoms. The van der Waals surface area contributed by atoms with Gasteiger partial charge in [-0.25, -0.2) is 0 Å². The van der Waals surface area contributed by atoms with Crippen LogP contribution in [0.15, 0.2) is 48.7 Å². The third-order valence-electron chi connectivity index (χ3n) is 5.52. The van der Waals surface area contributed by atoms with Crippen molar-refractivity contribution in [2.45, 2.75) is 45.7 Å². The summed E-state index contributed by atoms with van der Waals surface area (Å²) in [6.45, 7) is 7.00. The minimum Gasteiger partial charge on any atom is -0.496 e. The lowest BCUT2D eigenvalue weighted by molar-refractivity contribution is -0.123. The van der Waals surface area contributed by atoms with Gasteiger partial charge in [-0.05, 0) is 49.4 Å². The molecule has 1 aliphatic rings. The number of hydrogen-bond acceptors (Lipinski definition) is 4. The van der Waals surface area contributed by atoms with Gasteiger partial charge in [-0.15, -0.1) is 0 Å². The van der Waals surface area contributed by atoms with Crippen LogP contribution in [0.2, 0.25) is 0 Å². The number of methoxy groups -OCH3 is 1. The van der Waals surface area contributed by atoms with Gasteiger partial charge >= 0.3 is 0 Å². The second-order valence-electron chi connectivity index (χ2n) is 8.35. The van der Waals surface area contributed by atoms with Gasteiger partial charge in [0.25, 0.3) is 0 Å². The van der Waals surface area contributed by atoms with Crippen LogP contribution < -0.4 is 10.1 Å². The third kappa shape index (κ3) is 6.04. The Morgan fingerprint density at radius 1 is 1.24 bits per heavy atom. The SMILES string of the molecule is COc1ccccc1CN1CCC[C@H]([C@H](NC(=O)CC(C)C)c2ccccn2)C1. The number of rotatable bonds is 8. The molecule has 1 N–H and O–H groups in total. The van der Waals surface area contributed by atoms with E-state index < -0.39 is 0 Å². The van der Waals surface area contributed by atoms with Crippen LogP contribution in [0.5, 0.6) is 5.75 Å². The highest BCUT2D eigenvalue weighted by atomic mass is 16.5. The Labute approximate surface area is 174 Å². The number of carbonyl (C=O) groups is 1. The van der Waals surface area contributed by atoms with Gasteiger partial charge in [-0.2, -0.15) is 0 Å². The third-order valence-corrected chi connectivity index (χ3v) is 5.52. The van der Waals surface area contributed by atoms with Crippen molar-refractivity contribution in [2.24, 2.45) is 11.8 Å². The summed E-state index contributed by atoms with van der Waals surface area (Å²) in [6, 6.07) is 14.1. The molecule has 2 atom stereocenters. The number of carbonyl (C=O) groups excluding carboxylic acids is 1. The fourth-order valence-corrected chi connectivity index (χ4v) is 4.18. The first-order chi connectivity index (χ1) is 14.1. The second-order valence-corrected chi connectivity index (χ2v) is 8.35. The molecule has 1 amide bonds. The quantitative estimate of drug-likeness (QED) is 0.728. The smallest absolute Gasteiger partial charge is 0.220 e. The molecule has 156 valence electrons. The van der Waals surface area contributed by atoms with E-state index in [1.807, 2.05) is 36.5 Å². The van der Waals surface area contributed by atoms with Crippen LogP contribution in [-0.4, -0.2) is 36.0 Å². The number of aromatic nitrogens is 1. The summed E-state index contributed by atoms with van der Waals surface area (Å²) in [6.07, 6.45) is 4.56. The lowest BCUT2D eigenvalue weighted by atomic mass is 9.88. The van der Waals surface area contributed by atoms with Crippen LogP contribution in [0.1, 0.15) is 50.4 Å². The molecule has 0 unspecified atom stereocenters. The Morgan fingerprint density at radius 3 is 2.76 bits per heavy atom. The summed E-state index contributed by atoms with van der Waals surface area (Å²) >= 11 is 0. The van der Waals surface area contributed by atoms with Crippen molar-refractivity contribution >= 4 is 5.91 Å². The average Bonchev–Trinajstić information content (AvgIpc) is 2.73. The predicted molar refractivity (Wildman–Crippen MR) is 116 cm³/mol. The molecule has 5 nitrogen and oxygen atoms in total. The number of para-hydroxylation sites is 1. The Bertz CT molecular complexity index is 779. The van der Waals surface area contributed by atoms with E-state index in [0.29, 0.717) is 18.3 Å². The summed E-state index contributed by atoms with van der Waals surface area (Å²) in [4.78, 5) is 19.6. The fraction of sp³-hybridized carbons (Fsp3) is 0.500. The fourth-order valence-electron chi connectivity index (χ4n) is 4.18. The van der Waals surface area contributed by atoms with Gasteiger partial charge < -0.3 is 10.1 Å². The number of likely N-dealkylation sites (tertiary alicyclic amines) is 1. The molecule has 2 aromatic rings. The molecule has 1 saturated heterocycles. The summed E-state index contributed by atoms with van der Waals surface area (Å²) in [5.74, 6) is 1.72. The number of piperidine rings is 1. The van der Waals surface area contributed by atoms with E-state index in [2.05, 4.69) is 41.2 Å². The predicted octanol–water partition coefficient (Wildman–Crippen LogP) is 4.21. The molecular weight excluding hydrogens is 362 g/mol. The first-order valence-corrected chi connectivity index (χ1v) is 10.6. The average molecular weight is 396 g/mol. The Morgan fingerprint density at radius 2 is 2.03 bits per heavy atom. The van der Waals surface area contributed by atoms with Crippen LogP contribution in [0.3, 0.4) is 0 Å². The highest BCUT2D eigenvalue weighted by Crippen LogP contribution is 2.31. The standard InChI is InChI=1S/C24H33N3O2/c1-18(2)15-23(28)26-24(21-11-6-7-13-25-21)20-10-8-14-27(17-20)16-19-9-4-5-12-22(19)29-3/h4-7,9,11-13,18,20,24H,8,10,14-17H2,1-3H3,(H,26,28)/t20-,24-/m0/s1. The number of amides is 1. The maximum absolute atomic E-state index is 12.6. The molecule has 1 aromatic heterocycles. The molecule has 5 heteroatoms. The number of hydrogen-bond donors (Lipinski definition) is 1. The summed E-state index contributed by atoms with van der Waals surface area (Å²) in [7, 11) is 1.72. The largest absolute Gasteiger partial charge is 0.496 e. The molecule has 1 fully saturated rings. The van der Waals surface area contributed by atoms with Crippen LogP contribution in [0.4, 0.5) is 0 Å². The summed E-state index contributed by atoms with van der Waals surface area (Å²) < 4.78 is 5.53. The first kappa shape index (κ1) is 21.3. The van der Waals surface area contributed by atoms with Gasteiger partial charge in [-0.1, -0.05) is 38.1 Å². The molecule has 3 rings (SSSR count). The number of ether oxygens (including phenoxy) is 1. The van der Waals surface area contributed by atoms with Crippen molar-refractivity contribution < 1.29 is 9.53 Å². The highest BCUT2D eigenvalue weighted by molar-refractivity contribution is 5.76. The zero-order valence-corrected chi connectivity index (χ0v) is 17.8. The molecule has 0 bridgehead atoms. The van der Waals surface area contributed by atoms with Crippen molar-refractivity contribution in [1.82, 2.24) is 15.2 Å². The van der Waals surface area contributed by atoms with E-state index in [4.69, 9.17) is 4.74 Å². The number of pyridine rings is 1. The number of nitrogens with zero attached hydrogens (tertiary/aromatic N) is 2. The van der Waals surface area contributed by atoms with Gasteiger partial charge in [0.1, 0.15) is 5.75 Å². The van der Waals surface area contributed by atoms with Crippen molar-refractivity contribution in [2.75, 3.05) is 20.2 Å². The van der Waals surface area contributed by atoms with Gasteiger partial charge in [-0.3, -0.25) is 14.7 Å². The molecule has 2 heterocycles. The minimum atomic E-state index is -0.0529. The molecule has 1 aliphatic heterocycles. The van der Waals surface area contributed by atoms with E-state index in [1.165, 1.54) is 5.56 Å². The van der Waals surface area contributed by atoms with Gasteiger partial charge in [0.15, 0.2) is 0 Å². The highest BCUT2D eigenvalue weighted by Gasteiger charge is 2.30. The van der Waals surface area contributed by atoms with Crippen LogP contribution in [0.25, 0.3) is 0 Å². The Kier molecular flexibility index (Phi) is 7.64. The maximum atomic E-state index is 12.6. The van der Waals surface area contributed by atoms with E-state index in [-0.39, 0.29) is 11.9 Å². The lowest BCUT2D eigenvalue weighted by Crippen LogP contribution is -2.43. The van der Waals surface area contributed by atoms with E-state index in [1.54, 1.807) is 7.11 Å². The molecule has 0 radical (unpaired) electrons. The normalized spacial score (nSPS) is 18.4. The van der Waals surface area contributed by atoms with Gasteiger partial charge in [0, 0.05) is 31.3 Å². The maximum Gasteiger partial charge on any atom is 0.220 e. The molecule has 0 aliphatic carbocycles. The van der Waals surface area contributed by atoms with Crippen molar-refractivity contribution in [1.29, 1.82) is 0 Å². The van der Waals surface area contributed by atoms with Crippen molar-refractivity contribution in [3.63, 3.8) is 0 Å². The molecular formula is C24H33N3O2. The van der Waals surface area contributed by atoms with Crippen LogP contribution >= 0.6 is 0 Å². The first-order valence-electron chi connectivity index (χ1n) is 10.6. The Hall–Kier alpha value is -2.40. The molecule has 0 saturated carbocycles. The number of nitrogens with one attached hydrogen (secondary N) is 1. The van der Waals surface area contributed by atoms with Crippen molar-refractivity contribution in [3.8, 4) is 5.75 Å². The topological polar surface area (TPSA) is 54.5 Å². The zero-order chi connectivity index (χ0) is 20.6. The van der Waals surface area contributed by atoms with Crippen LogP contribution in [-0.2, 0) is 11.3 Å². The molecule has 1 aromatic carbocycles. The zero-order valence-electron chi connectivity index (χ0n) is 17.8. The summed E-state index contributed by atoms with van der Waals surface area (Å²) in [5.41, 5.74) is 2.16. The lowest BCUT2D eigenvalue weighted by Gasteiger charge is -2.37. The van der Waals surface area contributed by atoms with Gasteiger partial charge in [0.05, 0.1) is 18.8 Å². The monoisotopic (exact) mass is 395 g/mol. The van der Waals surface area contributed by atoms with E-state index in [9.17, 15) is 4.79 Å².